The van der Waals surface area contributed by atoms with Gasteiger partial charge in [0.2, 0.25) is 0 Å². The molecule has 1 aromatic carbocycles. The zero-order valence-corrected chi connectivity index (χ0v) is 11.3. The molecule has 2 aromatic rings. The maximum Gasteiger partial charge on any atom is 0.258 e. The Kier molecular flexibility index (Phi) is 3.76. The van der Waals surface area contributed by atoms with Crippen LogP contribution in [-0.2, 0) is 0 Å². The number of pyridine rings is 1. The third-order valence-corrected chi connectivity index (χ3v) is 3.25. The van der Waals surface area contributed by atoms with Crippen molar-refractivity contribution >= 4 is 10.8 Å². The van der Waals surface area contributed by atoms with Crippen molar-refractivity contribution < 1.29 is 9.47 Å². The standard InChI is InChI=1S/C14H18N2O3/c1-9(8-15)16-5-4-11-12(14(16)17)6-10(18-2)7-13(11)19-3/h4-7,9H,8,15H2,1-3H3. The van der Waals surface area contributed by atoms with Gasteiger partial charge in [-0.15, -0.1) is 0 Å². The highest BCUT2D eigenvalue weighted by atomic mass is 16.5. The van der Waals surface area contributed by atoms with E-state index in [2.05, 4.69) is 0 Å². The molecule has 2 rings (SSSR count). The van der Waals surface area contributed by atoms with Crippen LogP contribution in [0.4, 0.5) is 0 Å². The predicted molar refractivity (Wildman–Crippen MR) is 75.1 cm³/mol. The van der Waals surface area contributed by atoms with Gasteiger partial charge in [-0.3, -0.25) is 4.79 Å². The van der Waals surface area contributed by atoms with E-state index in [4.69, 9.17) is 15.2 Å². The first-order valence-electron chi connectivity index (χ1n) is 6.09. The van der Waals surface area contributed by atoms with Crippen molar-refractivity contribution in [2.75, 3.05) is 20.8 Å². The van der Waals surface area contributed by atoms with E-state index < -0.39 is 0 Å². The van der Waals surface area contributed by atoms with Crippen molar-refractivity contribution in [1.29, 1.82) is 0 Å². The summed E-state index contributed by atoms with van der Waals surface area (Å²) >= 11 is 0. The highest BCUT2D eigenvalue weighted by Crippen LogP contribution is 2.29. The van der Waals surface area contributed by atoms with Crippen molar-refractivity contribution in [2.24, 2.45) is 5.73 Å². The van der Waals surface area contributed by atoms with Crippen LogP contribution in [0.2, 0.25) is 0 Å². The molecule has 1 unspecified atom stereocenters. The topological polar surface area (TPSA) is 66.5 Å². The fraction of sp³-hybridized carbons (Fsp3) is 0.357. The van der Waals surface area contributed by atoms with E-state index >= 15 is 0 Å². The second-order valence-electron chi connectivity index (χ2n) is 4.40. The van der Waals surface area contributed by atoms with Crippen LogP contribution in [-0.4, -0.2) is 25.3 Å². The molecule has 5 nitrogen and oxygen atoms in total. The minimum Gasteiger partial charge on any atom is -0.497 e. The SMILES string of the molecule is COc1cc(OC)c2ccn(C(C)CN)c(=O)c2c1. The number of rotatable bonds is 4. The highest BCUT2D eigenvalue weighted by Gasteiger charge is 2.12. The lowest BCUT2D eigenvalue weighted by Gasteiger charge is -2.15. The molecule has 0 fully saturated rings. The second kappa shape index (κ2) is 5.32. The molecule has 0 aliphatic carbocycles. The molecule has 0 aliphatic rings. The number of nitrogens with zero attached hydrogens (tertiary/aromatic N) is 1. The zero-order valence-electron chi connectivity index (χ0n) is 11.3. The van der Waals surface area contributed by atoms with Gasteiger partial charge in [-0.25, -0.2) is 0 Å². The zero-order chi connectivity index (χ0) is 14.0. The smallest absolute Gasteiger partial charge is 0.258 e. The molecule has 0 radical (unpaired) electrons. The Hall–Kier alpha value is -2.01. The molecule has 2 N–H and O–H groups in total. The van der Waals surface area contributed by atoms with Crippen LogP contribution < -0.4 is 20.8 Å². The van der Waals surface area contributed by atoms with Crippen LogP contribution in [0, 0.1) is 0 Å². The average Bonchev–Trinajstić information content (AvgIpc) is 2.46. The molecule has 1 aromatic heterocycles. The summed E-state index contributed by atoms with van der Waals surface area (Å²) < 4.78 is 12.1. The van der Waals surface area contributed by atoms with Crippen molar-refractivity contribution in [1.82, 2.24) is 4.57 Å². The maximum absolute atomic E-state index is 12.5. The van der Waals surface area contributed by atoms with Crippen molar-refractivity contribution in [3.05, 3.63) is 34.7 Å². The number of ether oxygens (including phenoxy) is 2. The monoisotopic (exact) mass is 262 g/mol. The Morgan fingerprint density at radius 2 is 2.00 bits per heavy atom. The van der Waals surface area contributed by atoms with Crippen LogP contribution in [0.25, 0.3) is 10.8 Å². The van der Waals surface area contributed by atoms with Gasteiger partial charge in [0.15, 0.2) is 0 Å². The summed E-state index contributed by atoms with van der Waals surface area (Å²) in [6.45, 7) is 2.32. The van der Waals surface area contributed by atoms with Crippen LogP contribution in [0.3, 0.4) is 0 Å². The Morgan fingerprint density at radius 3 is 2.58 bits per heavy atom. The largest absolute Gasteiger partial charge is 0.497 e. The minimum absolute atomic E-state index is 0.0471. The van der Waals surface area contributed by atoms with E-state index in [1.54, 1.807) is 37.1 Å². The predicted octanol–water partition coefficient (Wildman–Crippen LogP) is 1.54. The molecule has 0 spiro atoms. The molecule has 5 heteroatoms. The highest BCUT2D eigenvalue weighted by molar-refractivity contribution is 5.89. The third-order valence-electron chi connectivity index (χ3n) is 3.25. The number of hydrogen-bond donors (Lipinski definition) is 1. The fourth-order valence-corrected chi connectivity index (χ4v) is 2.06. The number of hydrogen-bond acceptors (Lipinski definition) is 4. The van der Waals surface area contributed by atoms with Gasteiger partial charge in [-0.1, -0.05) is 0 Å². The minimum atomic E-state index is -0.0901. The first-order valence-corrected chi connectivity index (χ1v) is 6.09. The summed E-state index contributed by atoms with van der Waals surface area (Å²) in [6.07, 6.45) is 1.75. The van der Waals surface area contributed by atoms with E-state index in [9.17, 15) is 4.79 Å². The second-order valence-corrected chi connectivity index (χ2v) is 4.40. The lowest BCUT2D eigenvalue weighted by atomic mass is 10.1. The molecule has 0 aliphatic heterocycles. The van der Waals surface area contributed by atoms with Gasteiger partial charge in [0.05, 0.1) is 19.6 Å². The molecule has 19 heavy (non-hydrogen) atoms. The van der Waals surface area contributed by atoms with E-state index in [1.807, 2.05) is 13.0 Å². The quantitative estimate of drug-likeness (QED) is 0.907. The van der Waals surface area contributed by atoms with Gasteiger partial charge in [-0.05, 0) is 19.1 Å². The summed E-state index contributed by atoms with van der Waals surface area (Å²) in [5, 5.41) is 1.34. The van der Waals surface area contributed by atoms with Crippen LogP contribution in [0.15, 0.2) is 29.2 Å². The van der Waals surface area contributed by atoms with Gasteiger partial charge in [0.1, 0.15) is 11.5 Å². The molecule has 0 saturated carbocycles. The summed E-state index contributed by atoms with van der Waals surface area (Å²) in [4.78, 5) is 12.5. The fourth-order valence-electron chi connectivity index (χ4n) is 2.06. The van der Waals surface area contributed by atoms with Crippen molar-refractivity contribution in [2.45, 2.75) is 13.0 Å². The van der Waals surface area contributed by atoms with Gasteiger partial charge >= 0.3 is 0 Å². The number of benzene rings is 1. The molecule has 0 bridgehead atoms. The van der Waals surface area contributed by atoms with Crippen LogP contribution in [0.1, 0.15) is 13.0 Å². The molecule has 1 atom stereocenters. The lowest BCUT2D eigenvalue weighted by Crippen LogP contribution is -2.27. The Morgan fingerprint density at radius 1 is 1.26 bits per heavy atom. The Bertz CT molecular complexity index is 649. The van der Waals surface area contributed by atoms with Crippen LogP contribution in [0.5, 0.6) is 11.5 Å². The molecule has 102 valence electrons. The van der Waals surface area contributed by atoms with Crippen LogP contribution >= 0.6 is 0 Å². The Balaban J connectivity index is 2.77. The molecule has 0 amide bonds. The van der Waals surface area contributed by atoms with Gasteiger partial charge in [0, 0.05) is 30.2 Å². The molecular formula is C14H18N2O3. The van der Waals surface area contributed by atoms with E-state index in [1.165, 1.54) is 0 Å². The normalized spacial score (nSPS) is 12.4. The van der Waals surface area contributed by atoms with Gasteiger partial charge < -0.3 is 19.8 Å². The maximum atomic E-state index is 12.5. The van der Waals surface area contributed by atoms with E-state index in [0.717, 1.165) is 5.39 Å². The number of methoxy groups -OCH3 is 2. The first kappa shape index (κ1) is 13.4. The van der Waals surface area contributed by atoms with Crippen molar-refractivity contribution in [3.63, 3.8) is 0 Å². The average molecular weight is 262 g/mol. The number of aromatic nitrogens is 1. The number of nitrogens with two attached hydrogens (primary N) is 1. The summed E-state index contributed by atoms with van der Waals surface area (Å²) in [7, 11) is 3.13. The summed E-state index contributed by atoms with van der Waals surface area (Å²) in [5.74, 6) is 1.22. The Labute approximate surface area is 111 Å². The first-order chi connectivity index (χ1) is 9.12. The molecule has 1 heterocycles. The third kappa shape index (κ3) is 2.29. The van der Waals surface area contributed by atoms with Crippen molar-refractivity contribution in [3.8, 4) is 11.5 Å². The summed E-state index contributed by atoms with van der Waals surface area (Å²) in [5.41, 5.74) is 5.53. The van der Waals surface area contributed by atoms with Gasteiger partial charge in [-0.2, -0.15) is 0 Å². The van der Waals surface area contributed by atoms with E-state index in [-0.39, 0.29) is 11.6 Å². The van der Waals surface area contributed by atoms with Gasteiger partial charge in [0.25, 0.3) is 5.56 Å². The molecular weight excluding hydrogens is 244 g/mol. The lowest BCUT2D eigenvalue weighted by molar-refractivity contribution is 0.397. The summed E-state index contributed by atoms with van der Waals surface area (Å²) in [6, 6.07) is 5.30. The molecule has 0 saturated heterocycles. The van der Waals surface area contributed by atoms with E-state index in [0.29, 0.717) is 23.4 Å². The number of fused-ring (bicyclic) bond motifs is 1.